The first-order chi connectivity index (χ1) is 13.4. The van der Waals surface area contributed by atoms with Crippen molar-refractivity contribution in [3.63, 3.8) is 0 Å². The molecule has 1 fully saturated rings. The van der Waals surface area contributed by atoms with Gasteiger partial charge in [-0.25, -0.2) is 0 Å². The Kier molecular flexibility index (Phi) is 12.4. The Morgan fingerprint density at radius 2 is 1.75 bits per heavy atom. The van der Waals surface area contributed by atoms with Crippen LogP contribution < -0.4 is 0 Å². The third kappa shape index (κ3) is 10.6. The van der Waals surface area contributed by atoms with Crippen LogP contribution in [0.4, 0.5) is 0 Å². The quantitative estimate of drug-likeness (QED) is 0.358. The Hall–Kier alpha value is -1.73. The smallest absolute Gasteiger partial charge is 0.303 e. The molecule has 4 N–H and O–H groups in total. The second-order valence-corrected chi connectivity index (χ2v) is 6.92. The van der Waals surface area contributed by atoms with Gasteiger partial charge in [0.2, 0.25) is 0 Å². The Labute approximate surface area is 167 Å². The van der Waals surface area contributed by atoms with E-state index in [9.17, 15) is 20.1 Å². The summed E-state index contributed by atoms with van der Waals surface area (Å²) in [6.45, 7) is 1.87. The summed E-state index contributed by atoms with van der Waals surface area (Å²) in [5, 5.41) is 38.3. The van der Waals surface area contributed by atoms with Gasteiger partial charge < -0.3 is 25.2 Å². The molecule has 1 heterocycles. The van der Waals surface area contributed by atoms with E-state index in [-0.39, 0.29) is 6.42 Å². The lowest BCUT2D eigenvalue weighted by Crippen LogP contribution is -2.25. The maximum absolute atomic E-state index is 10.4. The van der Waals surface area contributed by atoms with Crippen molar-refractivity contribution in [2.45, 2.75) is 82.4 Å². The Morgan fingerprint density at radius 3 is 2.39 bits per heavy atom. The van der Waals surface area contributed by atoms with Crippen LogP contribution in [0.5, 0.6) is 0 Å². The predicted molar refractivity (Wildman–Crippen MR) is 109 cm³/mol. The van der Waals surface area contributed by atoms with Crippen LogP contribution in [0.3, 0.4) is 0 Å². The molecule has 0 spiro atoms. The number of carboxylic acids is 1. The molecule has 6 heteroatoms. The number of carbonyl (C=O) groups is 1. The Morgan fingerprint density at radius 1 is 1.11 bits per heavy atom. The third-order valence-electron chi connectivity index (χ3n) is 4.50. The first-order valence-corrected chi connectivity index (χ1v) is 9.98. The average Bonchev–Trinajstić information content (AvgIpc) is 3.04. The fraction of sp³-hybridized carbons (Fsp3) is 0.591. The van der Waals surface area contributed by atoms with E-state index >= 15 is 0 Å². The van der Waals surface area contributed by atoms with Gasteiger partial charge in [-0.3, -0.25) is 4.79 Å². The highest BCUT2D eigenvalue weighted by molar-refractivity contribution is 5.66. The summed E-state index contributed by atoms with van der Waals surface area (Å²) >= 11 is 0. The molecule has 0 radical (unpaired) electrons. The number of carboxylic acid groups (broad SMARTS) is 1. The third-order valence-corrected chi connectivity index (χ3v) is 4.50. The molecule has 1 saturated heterocycles. The second-order valence-electron chi connectivity index (χ2n) is 6.92. The normalized spacial score (nSPS) is 25.5. The van der Waals surface area contributed by atoms with Crippen molar-refractivity contribution in [2.24, 2.45) is 0 Å². The largest absolute Gasteiger partial charge is 0.481 e. The van der Waals surface area contributed by atoms with Crippen LogP contribution in [0, 0.1) is 0 Å². The molecule has 5 atom stereocenters. The maximum Gasteiger partial charge on any atom is 0.303 e. The van der Waals surface area contributed by atoms with E-state index in [0.29, 0.717) is 25.7 Å². The van der Waals surface area contributed by atoms with Crippen LogP contribution >= 0.6 is 0 Å². The predicted octanol–water partition coefficient (Wildman–Crippen LogP) is 2.90. The maximum atomic E-state index is 10.4. The number of ether oxygens (including phenoxy) is 1. The number of allylic oxidation sites excluding steroid dienone is 5. The summed E-state index contributed by atoms with van der Waals surface area (Å²) in [6, 6.07) is 0. The summed E-state index contributed by atoms with van der Waals surface area (Å²) in [5.41, 5.74) is 0. The summed E-state index contributed by atoms with van der Waals surface area (Å²) in [6.07, 6.45) is 15.9. The van der Waals surface area contributed by atoms with Crippen LogP contribution in [0.15, 0.2) is 48.6 Å². The number of hydrogen-bond acceptors (Lipinski definition) is 5. The highest BCUT2D eigenvalue weighted by Gasteiger charge is 2.35. The zero-order chi connectivity index (χ0) is 20.8. The molecular formula is C22H34O6. The van der Waals surface area contributed by atoms with Crippen molar-refractivity contribution in [1.29, 1.82) is 0 Å². The number of aliphatic hydroxyl groups excluding tert-OH is 3. The topological polar surface area (TPSA) is 107 Å². The van der Waals surface area contributed by atoms with Gasteiger partial charge in [0.05, 0.1) is 24.4 Å². The van der Waals surface area contributed by atoms with Crippen LogP contribution in [0.1, 0.15) is 51.9 Å². The van der Waals surface area contributed by atoms with Crippen LogP contribution in [-0.4, -0.2) is 56.9 Å². The number of aliphatic hydroxyl groups is 3. The second kappa shape index (κ2) is 14.3. The van der Waals surface area contributed by atoms with Gasteiger partial charge in [-0.05, 0) is 32.1 Å². The highest BCUT2D eigenvalue weighted by atomic mass is 16.5. The van der Waals surface area contributed by atoms with Crippen molar-refractivity contribution < 1.29 is 30.0 Å². The molecular weight excluding hydrogens is 360 g/mol. The Bertz CT molecular complexity index is 551. The molecule has 0 amide bonds. The van der Waals surface area contributed by atoms with Gasteiger partial charge in [0, 0.05) is 12.8 Å². The monoisotopic (exact) mass is 394 g/mol. The van der Waals surface area contributed by atoms with Gasteiger partial charge in [0.1, 0.15) is 6.10 Å². The lowest BCUT2D eigenvalue weighted by molar-refractivity contribution is -0.136. The molecule has 1 aliphatic rings. The van der Waals surface area contributed by atoms with Gasteiger partial charge in [0.15, 0.2) is 0 Å². The van der Waals surface area contributed by atoms with Gasteiger partial charge in [-0.15, -0.1) is 0 Å². The van der Waals surface area contributed by atoms with E-state index in [0.717, 1.165) is 12.8 Å². The number of rotatable bonds is 13. The van der Waals surface area contributed by atoms with E-state index in [4.69, 9.17) is 9.84 Å². The zero-order valence-electron chi connectivity index (χ0n) is 16.6. The van der Waals surface area contributed by atoms with Crippen molar-refractivity contribution in [2.75, 3.05) is 0 Å². The van der Waals surface area contributed by atoms with Gasteiger partial charge in [-0.1, -0.05) is 55.5 Å². The van der Waals surface area contributed by atoms with Crippen molar-refractivity contribution in [3.8, 4) is 0 Å². The molecule has 0 unspecified atom stereocenters. The zero-order valence-corrected chi connectivity index (χ0v) is 16.6. The minimum absolute atomic E-state index is 0.157. The molecule has 0 saturated carbocycles. The van der Waals surface area contributed by atoms with Crippen molar-refractivity contribution >= 4 is 5.97 Å². The van der Waals surface area contributed by atoms with Crippen molar-refractivity contribution in [3.05, 3.63) is 48.6 Å². The summed E-state index contributed by atoms with van der Waals surface area (Å²) in [4.78, 5) is 10.4. The van der Waals surface area contributed by atoms with E-state index in [1.54, 1.807) is 12.2 Å². The minimum Gasteiger partial charge on any atom is -0.481 e. The molecule has 0 bridgehead atoms. The van der Waals surface area contributed by atoms with E-state index in [1.807, 2.05) is 43.4 Å². The number of aliphatic carboxylic acids is 1. The SMILES string of the molecule is CC[C@@H](O)/C=C/[C@@H]1O[C@@H]([C@@H](O)C/C=C\C/C=C\C/C=C\CCC(=O)O)C[C@@H]1O. The molecule has 1 rings (SSSR count). The fourth-order valence-corrected chi connectivity index (χ4v) is 2.77. The first kappa shape index (κ1) is 24.3. The van der Waals surface area contributed by atoms with Crippen molar-refractivity contribution in [1.82, 2.24) is 0 Å². The molecule has 1 aliphatic heterocycles. The standard InChI is InChI=1S/C22H34O6/c1-2-17(23)14-15-20-19(25)16-21(28-20)18(24)12-10-8-6-4-3-5-7-9-11-13-22(26)27/h3-4,7-10,14-15,17-21,23-25H,2,5-6,11-13,16H2,1H3,(H,26,27)/b4-3-,9-7-,10-8-,15-14+/t17-,18+,19+,20+,21-/m1/s1. The summed E-state index contributed by atoms with van der Waals surface area (Å²) < 4.78 is 5.70. The van der Waals surface area contributed by atoms with Crippen LogP contribution in [-0.2, 0) is 9.53 Å². The molecule has 0 aromatic rings. The summed E-state index contributed by atoms with van der Waals surface area (Å²) in [5.74, 6) is -0.785. The van der Waals surface area contributed by atoms with Crippen LogP contribution in [0.25, 0.3) is 0 Å². The lowest BCUT2D eigenvalue weighted by Gasteiger charge is -2.16. The van der Waals surface area contributed by atoms with Gasteiger partial charge in [0.25, 0.3) is 0 Å². The summed E-state index contributed by atoms with van der Waals surface area (Å²) in [7, 11) is 0. The molecule has 6 nitrogen and oxygen atoms in total. The van der Waals surface area contributed by atoms with Gasteiger partial charge in [-0.2, -0.15) is 0 Å². The molecule has 158 valence electrons. The molecule has 0 aromatic carbocycles. The first-order valence-electron chi connectivity index (χ1n) is 9.98. The van der Waals surface area contributed by atoms with E-state index in [2.05, 4.69) is 0 Å². The lowest BCUT2D eigenvalue weighted by atomic mass is 10.0. The molecule has 0 aromatic heterocycles. The molecule has 0 aliphatic carbocycles. The van der Waals surface area contributed by atoms with Crippen LogP contribution in [0.2, 0.25) is 0 Å². The molecule has 28 heavy (non-hydrogen) atoms. The highest BCUT2D eigenvalue weighted by Crippen LogP contribution is 2.25. The Balaban J connectivity index is 2.22. The van der Waals surface area contributed by atoms with Gasteiger partial charge >= 0.3 is 5.97 Å². The fourth-order valence-electron chi connectivity index (χ4n) is 2.77. The average molecular weight is 395 g/mol. The van der Waals surface area contributed by atoms with E-state index < -0.39 is 36.5 Å². The minimum atomic E-state index is -0.785. The van der Waals surface area contributed by atoms with E-state index in [1.165, 1.54) is 0 Å². The number of hydrogen-bond donors (Lipinski definition) is 4.